The van der Waals surface area contributed by atoms with Crippen LogP contribution in [0.15, 0.2) is 30.3 Å². The van der Waals surface area contributed by atoms with E-state index >= 15 is 0 Å². The standard InChI is InChI=1S/C13H20N2O2/c1-2-14-13(17)8-9-15-12(10-16)11-6-4-3-5-7-11/h3-7,12,15-16H,2,8-10H2,1H3,(H,14,17). The summed E-state index contributed by atoms with van der Waals surface area (Å²) in [5.41, 5.74) is 1.03. The highest BCUT2D eigenvalue weighted by atomic mass is 16.3. The molecule has 0 aromatic heterocycles. The number of carbonyl (C=O) groups excluding carboxylic acids is 1. The van der Waals surface area contributed by atoms with Gasteiger partial charge in [0.2, 0.25) is 5.91 Å². The number of rotatable bonds is 7. The van der Waals surface area contributed by atoms with E-state index in [9.17, 15) is 9.90 Å². The molecular formula is C13H20N2O2. The first-order valence-electron chi connectivity index (χ1n) is 5.93. The zero-order valence-corrected chi connectivity index (χ0v) is 10.1. The molecule has 0 aliphatic rings. The average Bonchev–Trinajstić information content (AvgIpc) is 2.36. The lowest BCUT2D eigenvalue weighted by molar-refractivity contribution is -0.120. The number of hydrogen-bond donors (Lipinski definition) is 3. The van der Waals surface area contributed by atoms with Crippen molar-refractivity contribution in [2.75, 3.05) is 19.7 Å². The Kier molecular flexibility index (Phi) is 6.29. The van der Waals surface area contributed by atoms with E-state index in [1.165, 1.54) is 0 Å². The Balaban J connectivity index is 2.36. The smallest absolute Gasteiger partial charge is 0.221 e. The summed E-state index contributed by atoms with van der Waals surface area (Å²) in [5, 5.41) is 15.2. The largest absolute Gasteiger partial charge is 0.394 e. The Hall–Kier alpha value is -1.39. The van der Waals surface area contributed by atoms with Crippen molar-refractivity contribution in [3.63, 3.8) is 0 Å². The molecule has 0 saturated carbocycles. The minimum absolute atomic E-state index is 0.0272. The highest BCUT2D eigenvalue weighted by molar-refractivity contribution is 5.75. The SMILES string of the molecule is CCNC(=O)CCNC(CO)c1ccccc1. The van der Waals surface area contributed by atoms with Gasteiger partial charge in [-0.05, 0) is 12.5 Å². The van der Waals surface area contributed by atoms with Crippen LogP contribution in [0, 0.1) is 0 Å². The van der Waals surface area contributed by atoms with Gasteiger partial charge in [0, 0.05) is 19.5 Å². The first-order chi connectivity index (χ1) is 8.27. The molecule has 0 heterocycles. The van der Waals surface area contributed by atoms with Crippen LogP contribution < -0.4 is 10.6 Å². The van der Waals surface area contributed by atoms with Gasteiger partial charge in [0.25, 0.3) is 0 Å². The van der Waals surface area contributed by atoms with Crippen molar-refractivity contribution in [2.24, 2.45) is 0 Å². The third kappa shape index (κ3) is 4.97. The van der Waals surface area contributed by atoms with E-state index in [1.807, 2.05) is 37.3 Å². The van der Waals surface area contributed by atoms with Crippen molar-refractivity contribution in [3.8, 4) is 0 Å². The fraction of sp³-hybridized carbons (Fsp3) is 0.462. The van der Waals surface area contributed by atoms with Crippen LogP contribution in [0.3, 0.4) is 0 Å². The number of benzene rings is 1. The number of amides is 1. The second-order valence-corrected chi connectivity index (χ2v) is 3.80. The normalized spacial score (nSPS) is 12.1. The molecule has 0 bridgehead atoms. The molecule has 1 amide bonds. The van der Waals surface area contributed by atoms with E-state index in [1.54, 1.807) is 0 Å². The summed E-state index contributed by atoms with van der Waals surface area (Å²) in [4.78, 5) is 11.2. The molecule has 1 atom stereocenters. The Morgan fingerprint density at radius 1 is 1.35 bits per heavy atom. The quantitative estimate of drug-likeness (QED) is 0.657. The molecule has 0 aliphatic heterocycles. The maximum Gasteiger partial charge on any atom is 0.221 e. The molecule has 0 radical (unpaired) electrons. The number of carbonyl (C=O) groups is 1. The molecule has 0 fully saturated rings. The van der Waals surface area contributed by atoms with Gasteiger partial charge in [0.05, 0.1) is 12.6 Å². The van der Waals surface area contributed by atoms with Crippen molar-refractivity contribution in [1.82, 2.24) is 10.6 Å². The summed E-state index contributed by atoms with van der Waals surface area (Å²) in [7, 11) is 0. The summed E-state index contributed by atoms with van der Waals surface area (Å²) in [5.74, 6) is 0.0322. The zero-order chi connectivity index (χ0) is 12.5. The molecule has 94 valence electrons. The molecule has 1 aromatic rings. The van der Waals surface area contributed by atoms with Gasteiger partial charge in [0.15, 0.2) is 0 Å². The summed E-state index contributed by atoms with van der Waals surface area (Å²) >= 11 is 0. The molecule has 3 N–H and O–H groups in total. The fourth-order valence-electron chi connectivity index (χ4n) is 1.62. The van der Waals surface area contributed by atoms with E-state index in [4.69, 9.17) is 0 Å². The van der Waals surface area contributed by atoms with Crippen LogP contribution in [0.4, 0.5) is 0 Å². The van der Waals surface area contributed by atoms with Crippen LogP contribution in [0.5, 0.6) is 0 Å². The van der Waals surface area contributed by atoms with E-state index < -0.39 is 0 Å². The number of aliphatic hydroxyl groups is 1. The number of nitrogens with one attached hydrogen (secondary N) is 2. The van der Waals surface area contributed by atoms with Crippen molar-refractivity contribution in [2.45, 2.75) is 19.4 Å². The monoisotopic (exact) mass is 236 g/mol. The van der Waals surface area contributed by atoms with Crippen LogP contribution in [0.1, 0.15) is 24.9 Å². The third-order valence-electron chi connectivity index (χ3n) is 2.50. The van der Waals surface area contributed by atoms with Gasteiger partial charge in [0.1, 0.15) is 0 Å². The summed E-state index contributed by atoms with van der Waals surface area (Å²) in [6.45, 7) is 3.14. The molecule has 4 nitrogen and oxygen atoms in total. The number of hydrogen-bond acceptors (Lipinski definition) is 3. The van der Waals surface area contributed by atoms with Crippen LogP contribution in [0.25, 0.3) is 0 Å². The van der Waals surface area contributed by atoms with Gasteiger partial charge in [-0.15, -0.1) is 0 Å². The Morgan fingerprint density at radius 3 is 2.65 bits per heavy atom. The van der Waals surface area contributed by atoms with E-state index in [2.05, 4.69) is 10.6 Å². The van der Waals surface area contributed by atoms with Gasteiger partial charge >= 0.3 is 0 Å². The predicted molar refractivity (Wildman–Crippen MR) is 67.6 cm³/mol. The second kappa shape index (κ2) is 7.81. The highest BCUT2D eigenvalue weighted by Crippen LogP contribution is 2.10. The lowest BCUT2D eigenvalue weighted by Gasteiger charge is -2.16. The topological polar surface area (TPSA) is 61.4 Å². The Labute approximate surface area is 102 Å². The molecule has 0 saturated heterocycles. The maximum absolute atomic E-state index is 11.2. The van der Waals surface area contributed by atoms with Gasteiger partial charge in [-0.2, -0.15) is 0 Å². The fourth-order valence-corrected chi connectivity index (χ4v) is 1.62. The van der Waals surface area contributed by atoms with Crippen LogP contribution >= 0.6 is 0 Å². The molecular weight excluding hydrogens is 216 g/mol. The molecule has 4 heteroatoms. The molecule has 1 rings (SSSR count). The van der Waals surface area contributed by atoms with Crippen LogP contribution in [0.2, 0.25) is 0 Å². The summed E-state index contributed by atoms with van der Waals surface area (Å²) in [6.07, 6.45) is 0.428. The predicted octanol–water partition coefficient (Wildman–Crippen LogP) is 0.836. The van der Waals surface area contributed by atoms with Gasteiger partial charge in [-0.1, -0.05) is 30.3 Å². The zero-order valence-electron chi connectivity index (χ0n) is 10.1. The van der Waals surface area contributed by atoms with Crippen molar-refractivity contribution < 1.29 is 9.90 Å². The number of aliphatic hydroxyl groups excluding tert-OH is 1. The van der Waals surface area contributed by atoms with E-state index in [-0.39, 0.29) is 18.6 Å². The summed E-state index contributed by atoms with van der Waals surface area (Å²) < 4.78 is 0. The van der Waals surface area contributed by atoms with Crippen molar-refractivity contribution in [3.05, 3.63) is 35.9 Å². The first kappa shape index (κ1) is 13.7. The Morgan fingerprint density at radius 2 is 2.06 bits per heavy atom. The van der Waals surface area contributed by atoms with Crippen molar-refractivity contribution >= 4 is 5.91 Å². The molecule has 17 heavy (non-hydrogen) atoms. The maximum atomic E-state index is 11.2. The minimum Gasteiger partial charge on any atom is -0.394 e. The highest BCUT2D eigenvalue weighted by Gasteiger charge is 2.09. The second-order valence-electron chi connectivity index (χ2n) is 3.80. The van der Waals surface area contributed by atoms with Gasteiger partial charge < -0.3 is 15.7 Å². The molecule has 1 aromatic carbocycles. The minimum atomic E-state index is -0.106. The van der Waals surface area contributed by atoms with E-state index in [0.29, 0.717) is 19.5 Å². The van der Waals surface area contributed by atoms with Crippen LogP contribution in [-0.2, 0) is 4.79 Å². The Bertz CT molecular complexity index is 327. The van der Waals surface area contributed by atoms with Crippen LogP contribution in [-0.4, -0.2) is 30.7 Å². The van der Waals surface area contributed by atoms with Gasteiger partial charge in [-0.25, -0.2) is 0 Å². The molecule has 0 aliphatic carbocycles. The lowest BCUT2D eigenvalue weighted by Crippen LogP contribution is -2.30. The third-order valence-corrected chi connectivity index (χ3v) is 2.50. The van der Waals surface area contributed by atoms with Gasteiger partial charge in [-0.3, -0.25) is 4.79 Å². The average molecular weight is 236 g/mol. The summed E-state index contributed by atoms with van der Waals surface area (Å²) in [6, 6.07) is 9.62. The lowest BCUT2D eigenvalue weighted by atomic mass is 10.1. The molecule has 1 unspecified atom stereocenters. The molecule has 0 spiro atoms. The van der Waals surface area contributed by atoms with Crippen molar-refractivity contribution in [1.29, 1.82) is 0 Å². The first-order valence-corrected chi connectivity index (χ1v) is 5.93. The van der Waals surface area contributed by atoms with E-state index in [0.717, 1.165) is 5.56 Å².